The summed E-state index contributed by atoms with van der Waals surface area (Å²) in [7, 11) is 1.10. The Morgan fingerprint density at radius 1 is 0.384 bits per heavy atom. The van der Waals surface area contributed by atoms with Crippen LogP contribution in [-0.4, -0.2) is 220 Å². The van der Waals surface area contributed by atoms with Crippen LogP contribution >= 0.6 is 40.3 Å². The van der Waals surface area contributed by atoms with Gasteiger partial charge in [-0.05, 0) is 105 Å². The molecule has 684 valence electrons. The Morgan fingerprint density at radius 3 is 0.960 bits per heavy atom. The molecule has 6 fully saturated rings. The Hall–Kier alpha value is -5.84. The van der Waals surface area contributed by atoms with Crippen LogP contribution in [0.2, 0.25) is 0 Å². The highest BCUT2D eigenvalue weighted by Crippen LogP contribution is 2.57. The maximum Gasteiger partial charge on any atom is 0.330 e. The summed E-state index contributed by atoms with van der Waals surface area (Å²) < 4.78 is 116. The van der Waals surface area contributed by atoms with E-state index in [1.165, 1.54) is 76.0 Å². The van der Waals surface area contributed by atoms with Gasteiger partial charge >= 0.3 is 63.1 Å². The number of nitrogens with zero attached hydrogens (tertiary/aromatic N) is 11. The average Bonchev–Trinajstić information content (AvgIpc) is 1.64. The molecule has 0 spiro atoms. The van der Waals surface area contributed by atoms with Gasteiger partial charge in [0.05, 0.1) is 88.4 Å². The number of aryl methyl sites for hydroxylation is 4. The molecule has 0 bridgehead atoms. The minimum absolute atomic E-state index is 0.0440. The van der Waals surface area contributed by atoms with Crippen LogP contribution in [0.5, 0.6) is 0 Å². The van der Waals surface area contributed by atoms with Crippen molar-refractivity contribution in [3.63, 3.8) is 0 Å². The third kappa shape index (κ3) is 22.3. The summed E-state index contributed by atoms with van der Waals surface area (Å²) >= 11 is 33.0. The highest BCUT2D eigenvalue weighted by Gasteiger charge is 2.50. The van der Waals surface area contributed by atoms with Gasteiger partial charge in [0.2, 0.25) is 5.95 Å². The van der Waals surface area contributed by atoms with Gasteiger partial charge in [0.1, 0.15) is 79.7 Å². The predicted octanol–water partition coefficient (Wildman–Crippen LogP) is 0.0348. The molecule has 51 nitrogen and oxygen atoms in total. The summed E-state index contributed by atoms with van der Waals surface area (Å²) in [6.45, 7) is -23.1. The number of H-pyrrole nitrogens is 5. The van der Waals surface area contributed by atoms with Crippen LogP contribution in [0.25, 0.3) is 22.3 Å². The van der Waals surface area contributed by atoms with Gasteiger partial charge in [0, 0.05) is 92.7 Å². The summed E-state index contributed by atoms with van der Waals surface area (Å²) in [5, 5.41) is 0. The molecule has 6 saturated heterocycles. The smallest absolute Gasteiger partial charge is 0.330 e. The third-order valence-electron chi connectivity index (χ3n) is 20.6. The molecular weight excluding hydrogens is 1900 g/mol. The number of anilines is 2. The summed E-state index contributed by atoms with van der Waals surface area (Å²) in [5.74, 6) is -0.168. The Kier molecular flexibility index (Phi) is 29.1. The zero-order chi connectivity index (χ0) is 90.1. The number of nitrogen functional groups attached to an aromatic ring is 2. The number of nitrogens with one attached hydrogen (secondary N) is 5. The molecule has 15 N–H and O–H groups in total. The van der Waals surface area contributed by atoms with Gasteiger partial charge in [-0.15, -0.1) is 0 Å². The van der Waals surface area contributed by atoms with E-state index in [-0.39, 0.29) is 70.9 Å². The molecular formula is C62H82N18O33P6S6. The predicted molar refractivity (Wildman–Crippen MR) is 453 cm³/mol. The molecule has 125 heavy (non-hydrogen) atoms. The van der Waals surface area contributed by atoms with E-state index in [0.717, 1.165) is 25.4 Å². The molecule has 0 radical (unpaired) electrons. The van der Waals surface area contributed by atoms with E-state index in [0.29, 0.717) is 17.6 Å². The highest BCUT2D eigenvalue weighted by atomic mass is 32.5. The lowest BCUT2D eigenvalue weighted by molar-refractivity contribution is -0.0573. The normalized spacial score (nSPS) is 29.4. The quantitative estimate of drug-likeness (QED) is 0.0233. The van der Waals surface area contributed by atoms with E-state index in [2.05, 4.69) is 49.8 Å². The maximum absolute atomic E-state index is 13.5. The van der Waals surface area contributed by atoms with Gasteiger partial charge in [-0.2, -0.15) is 4.98 Å². The number of imidazole rings is 2. The van der Waals surface area contributed by atoms with Crippen molar-refractivity contribution in [1.82, 2.24) is 77.2 Å². The largest absolute Gasteiger partial charge is 0.382 e. The van der Waals surface area contributed by atoms with E-state index in [1.54, 1.807) is 4.57 Å². The van der Waals surface area contributed by atoms with Crippen molar-refractivity contribution in [2.45, 2.75) is 190 Å². The molecule has 0 amide bonds. The Morgan fingerprint density at radius 2 is 0.656 bits per heavy atom. The van der Waals surface area contributed by atoms with Crippen molar-refractivity contribution in [2.24, 2.45) is 0 Å². The van der Waals surface area contributed by atoms with Gasteiger partial charge in [-0.3, -0.25) is 76.3 Å². The van der Waals surface area contributed by atoms with Crippen LogP contribution < -0.4 is 62.0 Å². The number of rotatable bonds is 35. The standard InChI is InChI=1S/C62H82N18O33P6S6/c1-7-30-31(8-46(102-30)79-24-67-48-50(63)65-23-66-51(48)79)109-115(91,121)97-19-38-33(10-43(104-38)76-15-27(3)54(82)72-60(76)87)110-116(92,122)99-20-39-34(11-44(105-39)77-16-28(4)55(83)73-61(77)88)111-117(93,123)100-21-40-35(12-45(106-40)78-17-29(5)56(84)74-62(78)89)112-118(94,124)101-22-41-36(13-47(107-41)80-25-68-49-52(80)69-58(64)70-57(49)85)113-119(95,125)98-18-37-32(108-114(90,120)96-6)9-42(103-37)75-14-26(2)53(81)71-59(75)86/h14-17,23-25,30-47H,7-13,18-22H2,1-6H3,(H,90,120)(H,91,121)(H,92,122)(H,93,123)(H,94,124)(H,95,125)(H2,63,65,66)(H,71,81,86)(H,72,82,87)(H,73,83,88)(H,74,84,89)(H3,64,69,70,85)/t30-,31-,32-,33-,34-,35-,36-,37-,38-,39-,40-,41-,42-,43-,44-,45-,46-,47-,114?,115?,116?,117?,118?,119?/m1/s1. The summed E-state index contributed by atoms with van der Waals surface area (Å²) in [6.07, 6.45) is -15.0. The summed E-state index contributed by atoms with van der Waals surface area (Å²) in [4.78, 5) is 219. The fourth-order valence-electron chi connectivity index (χ4n) is 14.5. The fraction of sp³-hybridized carbons (Fsp3) is 0.581. The van der Waals surface area contributed by atoms with E-state index < -0.39 is 247 Å². The van der Waals surface area contributed by atoms with E-state index in [1.807, 2.05) is 6.92 Å². The van der Waals surface area contributed by atoms with Gasteiger partial charge in [-0.25, -0.2) is 39.1 Å². The van der Waals surface area contributed by atoms with Crippen LogP contribution in [0.4, 0.5) is 11.8 Å². The van der Waals surface area contributed by atoms with Gasteiger partial charge < -0.3 is 124 Å². The molecule has 0 saturated carbocycles. The molecule has 8 aromatic rings. The number of ether oxygens (including phenoxy) is 6. The molecule has 6 aliphatic heterocycles. The molecule has 0 aromatic carbocycles. The maximum atomic E-state index is 13.5. The third-order valence-corrected chi connectivity index (χ3v) is 30.3. The average molecular weight is 1990 g/mol. The zero-order valence-corrected chi connectivity index (χ0v) is 76.1. The second kappa shape index (κ2) is 38.2. The summed E-state index contributed by atoms with van der Waals surface area (Å²) in [6, 6.07) is 0. The zero-order valence-electron chi connectivity index (χ0n) is 65.8. The minimum Gasteiger partial charge on any atom is -0.382 e. The first-order chi connectivity index (χ1) is 58.8. The molecule has 6 unspecified atom stereocenters. The van der Waals surface area contributed by atoms with Gasteiger partial charge in [0.15, 0.2) is 22.6 Å². The molecule has 14 heterocycles. The lowest BCUT2D eigenvalue weighted by Crippen LogP contribution is -2.33. The van der Waals surface area contributed by atoms with Crippen molar-refractivity contribution in [3.8, 4) is 0 Å². The van der Waals surface area contributed by atoms with Gasteiger partial charge in [-0.1, -0.05) is 6.92 Å². The number of fused-ring (bicyclic) bond motifs is 2. The van der Waals surface area contributed by atoms with Crippen molar-refractivity contribution < 1.29 is 112 Å². The molecule has 14 rings (SSSR count). The minimum atomic E-state index is -4.74. The molecule has 63 heteroatoms. The second-order valence-corrected chi connectivity index (χ2v) is 46.1. The molecule has 24 atom stereocenters. The monoisotopic (exact) mass is 1980 g/mol. The van der Waals surface area contributed by atoms with Crippen LogP contribution in [0.3, 0.4) is 0 Å². The molecule has 8 aromatic heterocycles. The highest BCUT2D eigenvalue weighted by molar-refractivity contribution is 8.08. The van der Waals surface area contributed by atoms with E-state index >= 15 is 0 Å². The first-order valence-electron chi connectivity index (χ1n) is 37.5. The van der Waals surface area contributed by atoms with Crippen molar-refractivity contribution in [1.29, 1.82) is 0 Å². The van der Waals surface area contributed by atoms with E-state index in [9.17, 15) is 72.5 Å². The van der Waals surface area contributed by atoms with Crippen LogP contribution in [-0.2, 0) is 154 Å². The lowest BCUT2D eigenvalue weighted by Gasteiger charge is -2.28. The first kappa shape index (κ1) is 95.3. The van der Waals surface area contributed by atoms with Crippen molar-refractivity contribution in [3.05, 3.63) is 160 Å². The van der Waals surface area contributed by atoms with Gasteiger partial charge in [0.25, 0.3) is 27.8 Å². The fourth-order valence-corrected chi connectivity index (χ4v) is 22.9. The summed E-state index contributed by atoms with van der Waals surface area (Å²) in [5.41, 5.74) is 5.50. The van der Waals surface area contributed by atoms with Crippen molar-refractivity contribution in [2.75, 3.05) is 51.6 Å². The molecule has 0 aliphatic carbocycles. The van der Waals surface area contributed by atoms with Crippen LogP contribution in [0.1, 0.15) is 111 Å². The number of aromatic nitrogens is 16. The van der Waals surface area contributed by atoms with Crippen LogP contribution in [0, 0.1) is 27.7 Å². The molecule has 6 aliphatic rings. The number of nitrogens with two attached hydrogens (primary N) is 2. The second-order valence-electron chi connectivity index (χ2n) is 29.2. The first-order valence-corrected chi connectivity index (χ1v) is 53.1. The van der Waals surface area contributed by atoms with Crippen LogP contribution in [0.15, 0.2) is 86.9 Å². The Bertz CT molecular complexity index is 6330. The van der Waals surface area contributed by atoms with E-state index in [4.69, 9.17) is 165 Å². The number of hydrogen-bond donors (Lipinski definition) is 13. The van der Waals surface area contributed by atoms with Crippen molar-refractivity contribution >= 4 is 145 Å². The Labute approximate surface area is 731 Å². The Balaban J connectivity index is 0.670. The topological polar surface area (TPSA) is 666 Å². The SMILES string of the molecule is CC[C@H]1O[C@@H](n2cnc3c(N)ncnc32)C[C@H]1OP(O)(=S)OC[C@H]1O[C@@H](n2cc(C)c(=O)[nH]c2=O)C[C@H]1OP(O)(=S)OC[C@H]1O[C@@H](n2cc(C)c(=O)[nH]c2=O)C[C@H]1OP(O)(=S)OC[C@H]1O[C@@H](n2cc(C)c(=O)[nH]c2=O)C[C@H]1OP(O)(=S)OC[C@H]1O[C@@H](n2cnc3c(=O)[nH]c(N)nc32)C[C@H]1OP(O)(=S)OC[C@H]1O[C@@H](n2cc(C)c(=O)[nH]c2=O)C[C@H]1OP(O)(=S)OC. The lowest BCUT2D eigenvalue weighted by atomic mass is 10.1. The number of aromatic amines is 5. The number of hydrogen-bond acceptors (Lipinski definition) is 40.